The number of nitrogens with two attached hydrogens (primary N) is 1. The average Bonchev–Trinajstić information content (AvgIpc) is 2.93. The molecule has 0 radical (unpaired) electrons. The lowest BCUT2D eigenvalue weighted by Crippen LogP contribution is -2.46. The van der Waals surface area contributed by atoms with Gasteiger partial charge in [0.05, 0.1) is 5.56 Å². The number of ketones is 1. The number of pyridine rings is 2. The molecule has 1 aliphatic rings. The molecule has 0 bridgehead atoms. The predicted molar refractivity (Wildman–Crippen MR) is 152 cm³/mol. The van der Waals surface area contributed by atoms with Gasteiger partial charge < -0.3 is 16.0 Å². The first-order chi connectivity index (χ1) is 17.2. The van der Waals surface area contributed by atoms with E-state index in [0.29, 0.717) is 11.3 Å². The summed E-state index contributed by atoms with van der Waals surface area (Å²) in [5, 5.41) is 3.57. The number of piperazine rings is 1. The number of rotatable bonds is 6. The van der Waals surface area contributed by atoms with Gasteiger partial charge in [0.1, 0.15) is 17.3 Å². The molecule has 35 heavy (non-hydrogen) atoms. The Morgan fingerprint density at radius 3 is 2.51 bits per heavy atom. The van der Waals surface area contributed by atoms with Crippen LogP contribution in [0.25, 0.3) is 12.2 Å². The van der Waals surface area contributed by atoms with Gasteiger partial charge in [0.15, 0.2) is 0 Å². The Morgan fingerprint density at radius 2 is 1.71 bits per heavy atom. The molecule has 1 atom stereocenters. The summed E-state index contributed by atoms with van der Waals surface area (Å²) in [6.45, 7) is 2.43. The van der Waals surface area contributed by atoms with E-state index >= 15 is 0 Å². The molecular formula is C29H37N5O. The second kappa shape index (κ2) is 10.3. The second-order valence-corrected chi connectivity index (χ2v) is 8.52. The minimum absolute atomic E-state index is 0. The van der Waals surface area contributed by atoms with E-state index in [0.717, 1.165) is 36.6 Å². The SMILES string of the molecule is Nc1ncc(/C=C/c2ccccc2)cc1C(=O)c1cccc(N2CCNC(c3ccccc3)C2)n1.[HH].[HH].[HH].[HH].[HH]. The molecule has 4 aromatic rings. The summed E-state index contributed by atoms with van der Waals surface area (Å²) in [4.78, 5) is 24.6. The van der Waals surface area contributed by atoms with E-state index in [-0.39, 0.29) is 24.8 Å². The zero-order valence-electron chi connectivity index (χ0n) is 19.3. The number of carbonyl (C=O) groups excluding carboxylic acids is 1. The van der Waals surface area contributed by atoms with Gasteiger partial charge in [-0.3, -0.25) is 4.79 Å². The van der Waals surface area contributed by atoms with Gasteiger partial charge >= 0.3 is 0 Å². The van der Waals surface area contributed by atoms with Crippen molar-refractivity contribution in [2.75, 3.05) is 30.3 Å². The highest BCUT2D eigenvalue weighted by Crippen LogP contribution is 2.23. The lowest BCUT2D eigenvalue weighted by molar-refractivity contribution is 0.103. The Morgan fingerprint density at radius 1 is 0.971 bits per heavy atom. The zero-order valence-corrected chi connectivity index (χ0v) is 19.3. The summed E-state index contributed by atoms with van der Waals surface area (Å²) in [5.41, 5.74) is 9.91. The van der Waals surface area contributed by atoms with Crippen LogP contribution in [0, 0.1) is 0 Å². The van der Waals surface area contributed by atoms with Gasteiger partial charge in [-0.2, -0.15) is 0 Å². The summed E-state index contributed by atoms with van der Waals surface area (Å²) in [6, 6.07) is 27.9. The highest BCUT2D eigenvalue weighted by molar-refractivity contribution is 6.11. The molecule has 2 aromatic carbocycles. The van der Waals surface area contributed by atoms with Crippen molar-refractivity contribution in [3.8, 4) is 0 Å². The Balaban J connectivity index is 0.00000304. The Kier molecular flexibility index (Phi) is 6.63. The first-order valence-corrected chi connectivity index (χ1v) is 11.7. The summed E-state index contributed by atoms with van der Waals surface area (Å²) >= 11 is 0. The van der Waals surface area contributed by atoms with Crippen LogP contribution < -0.4 is 16.0 Å². The molecule has 0 saturated carbocycles. The van der Waals surface area contributed by atoms with Crippen LogP contribution in [0.1, 0.15) is 45.9 Å². The third kappa shape index (κ3) is 5.28. The van der Waals surface area contributed by atoms with E-state index in [4.69, 9.17) is 10.7 Å². The van der Waals surface area contributed by atoms with Crippen LogP contribution in [0.4, 0.5) is 11.6 Å². The van der Waals surface area contributed by atoms with Gasteiger partial charge in [-0.05, 0) is 34.9 Å². The first kappa shape index (κ1) is 22.5. The molecule has 5 rings (SSSR count). The summed E-state index contributed by atoms with van der Waals surface area (Å²) in [7, 11) is 0. The van der Waals surface area contributed by atoms with Crippen LogP contribution in [0.3, 0.4) is 0 Å². The molecule has 3 N–H and O–H groups in total. The highest BCUT2D eigenvalue weighted by atomic mass is 16.1. The first-order valence-electron chi connectivity index (χ1n) is 11.7. The minimum atomic E-state index is -0.235. The molecule has 1 aliphatic heterocycles. The highest BCUT2D eigenvalue weighted by Gasteiger charge is 2.23. The Bertz CT molecular complexity index is 1360. The number of hydrogen-bond acceptors (Lipinski definition) is 6. The molecule has 1 fully saturated rings. The lowest BCUT2D eigenvalue weighted by Gasteiger charge is -2.35. The smallest absolute Gasteiger partial charge is 0.215 e. The third-order valence-corrected chi connectivity index (χ3v) is 6.12. The van der Waals surface area contributed by atoms with Crippen molar-refractivity contribution in [2.24, 2.45) is 0 Å². The molecule has 0 spiro atoms. The summed E-state index contributed by atoms with van der Waals surface area (Å²) in [6.07, 6.45) is 5.57. The van der Waals surface area contributed by atoms with Crippen LogP contribution in [-0.2, 0) is 0 Å². The molecule has 1 unspecified atom stereocenters. The predicted octanol–water partition coefficient (Wildman–Crippen LogP) is 5.84. The maximum absolute atomic E-state index is 13.4. The van der Waals surface area contributed by atoms with Crippen LogP contribution in [0.2, 0.25) is 0 Å². The Labute approximate surface area is 212 Å². The summed E-state index contributed by atoms with van der Waals surface area (Å²) in [5.74, 6) is 0.747. The van der Waals surface area contributed by atoms with Crippen molar-refractivity contribution < 1.29 is 11.9 Å². The second-order valence-electron chi connectivity index (χ2n) is 8.52. The van der Waals surface area contributed by atoms with Crippen molar-refractivity contribution in [1.29, 1.82) is 0 Å². The van der Waals surface area contributed by atoms with E-state index in [1.54, 1.807) is 18.3 Å². The van der Waals surface area contributed by atoms with Gasteiger partial charge in [-0.25, -0.2) is 9.97 Å². The zero-order chi connectivity index (χ0) is 24.0. The molecule has 0 aliphatic carbocycles. The largest absolute Gasteiger partial charge is 0.383 e. The maximum atomic E-state index is 13.4. The van der Waals surface area contributed by atoms with Gasteiger partial charge in [-0.15, -0.1) is 0 Å². The monoisotopic (exact) mass is 471 g/mol. The molecule has 184 valence electrons. The van der Waals surface area contributed by atoms with E-state index in [2.05, 4.69) is 39.5 Å². The van der Waals surface area contributed by atoms with Crippen LogP contribution in [0.15, 0.2) is 91.1 Å². The number of nitrogens with zero attached hydrogens (tertiary/aromatic N) is 3. The fourth-order valence-corrected chi connectivity index (χ4v) is 4.25. The Hall–Kier alpha value is -4.29. The fraction of sp³-hybridized carbons (Fsp3) is 0.138. The van der Waals surface area contributed by atoms with Crippen molar-refractivity contribution in [2.45, 2.75) is 6.04 Å². The molecule has 2 aromatic heterocycles. The lowest BCUT2D eigenvalue weighted by atomic mass is 10.0. The van der Waals surface area contributed by atoms with Crippen LogP contribution in [-0.4, -0.2) is 35.4 Å². The number of nitrogen functional groups attached to an aromatic ring is 1. The topological polar surface area (TPSA) is 84.1 Å². The number of carbonyl (C=O) groups is 1. The average molecular weight is 472 g/mol. The number of benzene rings is 2. The minimum Gasteiger partial charge on any atom is -0.383 e. The number of hydrogen-bond donors (Lipinski definition) is 2. The number of nitrogens with one attached hydrogen (secondary N) is 1. The fourth-order valence-electron chi connectivity index (χ4n) is 4.25. The van der Waals surface area contributed by atoms with Gasteiger partial charge in [0.25, 0.3) is 0 Å². The standard InChI is InChI=1S/C29H27N5O.5H2/c30-29-24(18-22(19-32-29)15-14-21-8-3-1-4-9-21)28(35)25-12-7-13-27(33-25)34-17-16-31-26(20-34)23-10-5-2-6-11-23;;;;;/h1-15,18-19,26,31H,16-17,20H2,(H2,30,32);5*1H/b15-14+;;;;;. The molecule has 1 saturated heterocycles. The molecular weight excluding hydrogens is 434 g/mol. The van der Waals surface area contributed by atoms with E-state index < -0.39 is 0 Å². The third-order valence-electron chi connectivity index (χ3n) is 6.12. The van der Waals surface area contributed by atoms with Gasteiger partial charge in [-0.1, -0.05) is 78.9 Å². The quantitative estimate of drug-likeness (QED) is 0.344. The molecule has 0 amide bonds. The van der Waals surface area contributed by atoms with E-state index in [9.17, 15) is 4.79 Å². The number of aromatic nitrogens is 2. The molecule has 6 nitrogen and oxygen atoms in total. The maximum Gasteiger partial charge on any atom is 0.215 e. The normalized spacial score (nSPS) is 15.9. The van der Waals surface area contributed by atoms with Gasteiger partial charge in [0.2, 0.25) is 5.78 Å². The van der Waals surface area contributed by atoms with Crippen molar-refractivity contribution >= 4 is 29.6 Å². The van der Waals surface area contributed by atoms with Crippen LogP contribution in [0.5, 0.6) is 0 Å². The van der Waals surface area contributed by atoms with E-state index in [1.807, 2.05) is 60.7 Å². The van der Waals surface area contributed by atoms with Crippen molar-refractivity contribution in [3.63, 3.8) is 0 Å². The van der Waals surface area contributed by atoms with E-state index in [1.165, 1.54) is 5.56 Å². The number of anilines is 2. The summed E-state index contributed by atoms with van der Waals surface area (Å²) < 4.78 is 0. The van der Waals surface area contributed by atoms with Crippen molar-refractivity contribution in [1.82, 2.24) is 15.3 Å². The molecule has 6 heteroatoms. The van der Waals surface area contributed by atoms with Crippen LogP contribution >= 0.6 is 0 Å². The van der Waals surface area contributed by atoms with Gasteiger partial charge in [0, 0.05) is 39.0 Å². The molecule has 3 heterocycles. The van der Waals surface area contributed by atoms with Crippen molar-refractivity contribution in [3.05, 3.63) is 119 Å².